The molecule has 4 rings (SSSR count). The van der Waals surface area contributed by atoms with Crippen molar-refractivity contribution in [2.45, 2.75) is 52.0 Å². The Morgan fingerprint density at radius 2 is 1.67 bits per heavy atom. The molecule has 0 atom stereocenters. The van der Waals surface area contributed by atoms with E-state index in [0.29, 0.717) is 11.5 Å². The number of amides is 1. The molecular formula is C24H29N5O. The van der Waals surface area contributed by atoms with Crippen molar-refractivity contribution in [1.82, 2.24) is 25.1 Å². The van der Waals surface area contributed by atoms with Crippen molar-refractivity contribution in [1.29, 1.82) is 0 Å². The summed E-state index contributed by atoms with van der Waals surface area (Å²) in [5.74, 6) is 1.38. The monoisotopic (exact) mass is 403 g/mol. The van der Waals surface area contributed by atoms with Gasteiger partial charge in [0, 0.05) is 12.6 Å². The highest BCUT2D eigenvalue weighted by molar-refractivity contribution is 5.94. The van der Waals surface area contributed by atoms with E-state index in [-0.39, 0.29) is 5.91 Å². The van der Waals surface area contributed by atoms with Gasteiger partial charge in [-0.05, 0) is 79.1 Å². The maximum Gasteiger partial charge on any atom is 0.254 e. The van der Waals surface area contributed by atoms with Crippen molar-refractivity contribution in [3.63, 3.8) is 0 Å². The maximum absolute atomic E-state index is 13.5. The summed E-state index contributed by atoms with van der Waals surface area (Å²) in [4.78, 5) is 15.3. The highest BCUT2D eigenvalue weighted by Crippen LogP contribution is 2.44. The summed E-state index contributed by atoms with van der Waals surface area (Å²) in [5.41, 5.74) is 3.36. The fourth-order valence-corrected chi connectivity index (χ4v) is 4.69. The van der Waals surface area contributed by atoms with E-state index < -0.39 is 5.54 Å². The molecule has 1 saturated carbocycles. The molecule has 6 heteroatoms. The van der Waals surface area contributed by atoms with Crippen LogP contribution in [0.5, 0.6) is 0 Å². The number of aromatic nitrogens is 4. The third-order valence-corrected chi connectivity index (χ3v) is 6.61. The maximum atomic E-state index is 13.5. The lowest BCUT2D eigenvalue weighted by Gasteiger charge is -2.45. The molecule has 0 saturated heterocycles. The van der Waals surface area contributed by atoms with Gasteiger partial charge in [-0.25, -0.2) is 0 Å². The van der Waals surface area contributed by atoms with Crippen molar-refractivity contribution < 1.29 is 4.79 Å². The molecule has 1 aliphatic rings. The van der Waals surface area contributed by atoms with E-state index in [9.17, 15) is 4.79 Å². The minimum Gasteiger partial charge on any atom is -0.329 e. The lowest BCUT2D eigenvalue weighted by atomic mass is 9.75. The van der Waals surface area contributed by atoms with E-state index in [4.69, 9.17) is 0 Å². The summed E-state index contributed by atoms with van der Waals surface area (Å²) < 4.78 is 1.86. The van der Waals surface area contributed by atoms with Crippen LogP contribution in [0.1, 0.15) is 59.9 Å². The van der Waals surface area contributed by atoms with Crippen LogP contribution in [0, 0.1) is 19.8 Å². The number of aryl methyl sites for hydroxylation is 2. The van der Waals surface area contributed by atoms with E-state index in [1.807, 2.05) is 53.0 Å². The molecule has 0 unspecified atom stereocenters. The summed E-state index contributed by atoms with van der Waals surface area (Å²) in [6, 6.07) is 15.6. The van der Waals surface area contributed by atoms with Crippen LogP contribution < -0.4 is 0 Å². The van der Waals surface area contributed by atoms with Gasteiger partial charge >= 0.3 is 0 Å². The molecule has 1 amide bonds. The van der Waals surface area contributed by atoms with Crippen LogP contribution in [0.2, 0.25) is 0 Å². The Hall–Kier alpha value is -3.02. The summed E-state index contributed by atoms with van der Waals surface area (Å²) in [6.45, 7) is 6.42. The number of hydrogen-bond acceptors (Lipinski definition) is 4. The van der Waals surface area contributed by atoms with Crippen LogP contribution in [0.3, 0.4) is 0 Å². The lowest BCUT2D eigenvalue weighted by Crippen LogP contribution is -2.50. The fourth-order valence-electron chi connectivity index (χ4n) is 4.69. The van der Waals surface area contributed by atoms with Crippen LogP contribution in [0.4, 0.5) is 0 Å². The molecule has 3 aromatic rings. The topological polar surface area (TPSA) is 63.9 Å². The largest absolute Gasteiger partial charge is 0.329 e. The van der Waals surface area contributed by atoms with Gasteiger partial charge in [-0.1, -0.05) is 43.3 Å². The molecule has 0 aliphatic heterocycles. The Balaban J connectivity index is 1.84. The Morgan fingerprint density at radius 1 is 1.03 bits per heavy atom. The number of rotatable bonds is 4. The molecule has 0 spiro atoms. The van der Waals surface area contributed by atoms with Crippen molar-refractivity contribution in [3.8, 4) is 5.69 Å². The summed E-state index contributed by atoms with van der Waals surface area (Å²) in [6.07, 6.45) is 3.75. The first-order valence-corrected chi connectivity index (χ1v) is 10.6. The fraction of sp³-hybridized carbons (Fsp3) is 0.417. The van der Waals surface area contributed by atoms with Gasteiger partial charge in [-0.2, -0.15) is 4.68 Å². The SMILES string of the molecule is Cc1cccc(C)c1-n1nnnc1C1(N(C)C(=O)c2ccccc2)CCC(C)CC1. The standard InChI is InChI=1S/C24H29N5O/c1-17-13-15-24(16-14-17,28(4)22(30)20-11-6-5-7-12-20)23-25-26-27-29(23)21-18(2)9-8-10-19(21)3/h5-12,17H,13-16H2,1-4H3. The smallest absolute Gasteiger partial charge is 0.254 e. The first-order valence-electron chi connectivity index (χ1n) is 10.6. The zero-order chi connectivity index (χ0) is 21.3. The minimum absolute atomic E-state index is 0.00112. The summed E-state index contributed by atoms with van der Waals surface area (Å²) in [5, 5.41) is 12.9. The zero-order valence-corrected chi connectivity index (χ0v) is 18.2. The molecule has 156 valence electrons. The second kappa shape index (κ2) is 8.01. The Morgan fingerprint density at radius 3 is 2.30 bits per heavy atom. The Labute approximate surface area is 177 Å². The highest BCUT2D eigenvalue weighted by Gasteiger charge is 2.46. The predicted molar refractivity (Wildman–Crippen MR) is 116 cm³/mol. The molecule has 1 aromatic heterocycles. The third kappa shape index (κ3) is 3.40. The van der Waals surface area contributed by atoms with Crippen molar-refractivity contribution in [3.05, 3.63) is 71.0 Å². The van der Waals surface area contributed by atoms with E-state index >= 15 is 0 Å². The van der Waals surface area contributed by atoms with Gasteiger partial charge in [-0.15, -0.1) is 5.10 Å². The van der Waals surface area contributed by atoms with Gasteiger partial charge in [0.2, 0.25) is 0 Å². The van der Waals surface area contributed by atoms with Gasteiger partial charge in [0.25, 0.3) is 5.91 Å². The number of carbonyl (C=O) groups is 1. The molecule has 30 heavy (non-hydrogen) atoms. The van der Waals surface area contributed by atoms with Gasteiger partial charge in [0.1, 0.15) is 5.54 Å². The Bertz CT molecular complexity index is 1010. The first kappa shape index (κ1) is 20.3. The van der Waals surface area contributed by atoms with E-state index in [0.717, 1.165) is 48.3 Å². The molecule has 0 N–H and O–H groups in total. The number of benzene rings is 2. The van der Waals surface area contributed by atoms with Crippen molar-refractivity contribution in [2.24, 2.45) is 5.92 Å². The second-order valence-corrected chi connectivity index (χ2v) is 8.60. The molecule has 1 fully saturated rings. The molecule has 1 aliphatic carbocycles. The number of hydrogen-bond donors (Lipinski definition) is 0. The normalized spacial score (nSPS) is 21.4. The quantitative estimate of drug-likeness (QED) is 0.645. The summed E-state index contributed by atoms with van der Waals surface area (Å²) >= 11 is 0. The van der Waals surface area contributed by atoms with Gasteiger partial charge in [-0.3, -0.25) is 4.79 Å². The third-order valence-electron chi connectivity index (χ3n) is 6.61. The van der Waals surface area contributed by atoms with Crippen LogP contribution in [0.25, 0.3) is 5.69 Å². The van der Waals surface area contributed by atoms with E-state index in [1.165, 1.54) is 0 Å². The van der Waals surface area contributed by atoms with Crippen LogP contribution in [-0.4, -0.2) is 38.1 Å². The molecule has 6 nitrogen and oxygen atoms in total. The molecule has 2 aromatic carbocycles. The number of tetrazole rings is 1. The summed E-state index contributed by atoms with van der Waals surface area (Å²) in [7, 11) is 1.90. The van der Waals surface area contributed by atoms with E-state index in [2.05, 4.69) is 48.4 Å². The Kier molecular flexibility index (Phi) is 5.41. The molecular weight excluding hydrogens is 374 g/mol. The lowest BCUT2D eigenvalue weighted by molar-refractivity contribution is 0.0327. The highest BCUT2D eigenvalue weighted by atomic mass is 16.2. The van der Waals surface area contributed by atoms with E-state index in [1.54, 1.807) is 0 Å². The van der Waals surface area contributed by atoms with Crippen LogP contribution >= 0.6 is 0 Å². The number of para-hydroxylation sites is 1. The zero-order valence-electron chi connectivity index (χ0n) is 18.2. The average Bonchev–Trinajstić information content (AvgIpc) is 3.24. The van der Waals surface area contributed by atoms with Gasteiger partial charge in [0.15, 0.2) is 5.82 Å². The van der Waals surface area contributed by atoms with Crippen LogP contribution in [-0.2, 0) is 5.54 Å². The van der Waals surface area contributed by atoms with Gasteiger partial charge < -0.3 is 4.90 Å². The second-order valence-electron chi connectivity index (χ2n) is 8.60. The molecule has 0 bridgehead atoms. The average molecular weight is 404 g/mol. The predicted octanol–water partition coefficient (Wildman–Crippen LogP) is 4.46. The van der Waals surface area contributed by atoms with Crippen molar-refractivity contribution in [2.75, 3.05) is 7.05 Å². The number of nitrogens with zero attached hydrogens (tertiary/aromatic N) is 5. The van der Waals surface area contributed by atoms with Crippen LogP contribution in [0.15, 0.2) is 48.5 Å². The first-order chi connectivity index (χ1) is 14.4. The van der Waals surface area contributed by atoms with Crippen molar-refractivity contribution >= 4 is 5.91 Å². The molecule has 0 radical (unpaired) electrons. The molecule has 1 heterocycles. The number of carbonyl (C=O) groups excluding carboxylic acids is 1. The minimum atomic E-state index is -0.544. The van der Waals surface area contributed by atoms with Gasteiger partial charge in [0.05, 0.1) is 5.69 Å².